The lowest BCUT2D eigenvalue weighted by Crippen LogP contribution is -2.25. The molecular formula is C17H21F2NO. The number of benzene rings is 1. The molecule has 1 aromatic heterocycles. The van der Waals surface area contributed by atoms with Crippen molar-refractivity contribution in [1.29, 1.82) is 0 Å². The summed E-state index contributed by atoms with van der Waals surface area (Å²) in [5.41, 5.74) is 0.456. The fourth-order valence-corrected chi connectivity index (χ4v) is 2.32. The molecule has 2 rings (SSSR count). The Morgan fingerprint density at radius 3 is 2.52 bits per heavy atom. The smallest absolute Gasteiger partial charge is 0.134 e. The molecule has 0 radical (unpaired) electrons. The first kappa shape index (κ1) is 15.7. The van der Waals surface area contributed by atoms with Gasteiger partial charge in [-0.05, 0) is 43.7 Å². The minimum Gasteiger partial charge on any atom is -0.464 e. The highest BCUT2D eigenvalue weighted by atomic mass is 19.1. The number of hydrogen-bond acceptors (Lipinski definition) is 2. The topological polar surface area (TPSA) is 25.2 Å². The molecule has 0 aliphatic heterocycles. The lowest BCUT2D eigenvalue weighted by molar-refractivity contribution is 0.404. The highest BCUT2D eigenvalue weighted by Crippen LogP contribution is 2.30. The second kappa shape index (κ2) is 6.85. The number of aryl methyl sites for hydroxylation is 2. The molecule has 0 aliphatic carbocycles. The van der Waals surface area contributed by atoms with E-state index in [9.17, 15) is 8.78 Å². The minimum absolute atomic E-state index is 0.0282. The average molecular weight is 293 g/mol. The van der Waals surface area contributed by atoms with Gasteiger partial charge in [0.25, 0.3) is 0 Å². The monoisotopic (exact) mass is 293 g/mol. The maximum atomic E-state index is 14.4. The fourth-order valence-electron chi connectivity index (χ4n) is 2.32. The van der Waals surface area contributed by atoms with Gasteiger partial charge in [0, 0.05) is 12.0 Å². The molecule has 1 unspecified atom stereocenters. The van der Waals surface area contributed by atoms with Gasteiger partial charge in [-0.25, -0.2) is 8.78 Å². The van der Waals surface area contributed by atoms with Crippen LogP contribution in [0.3, 0.4) is 0 Å². The van der Waals surface area contributed by atoms with Crippen LogP contribution in [-0.4, -0.2) is 6.54 Å². The molecule has 1 aromatic carbocycles. The first-order chi connectivity index (χ1) is 10.1. The molecule has 1 atom stereocenters. The lowest BCUT2D eigenvalue weighted by Gasteiger charge is -2.19. The molecule has 2 aromatic rings. The van der Waals surface area contributed by atoms with Gasteiger partial charge in [0.2, 0.25) is 0 Å². The van der Waals surface area contributed by atoms with Crippen molar-refractivity contribution < 1.29 is 13.2 Å². The SMILES string of the molecule is CCCNC(c1ccc(CC)o1)c1c(F)ccc(C)c1F. The molecule has 2 nitrogen and oxygen atoms in total. The summed E-state index contributed by atoms with van der Waals surface area (Å²) in [7, 11) is 0. The standard InChI is InChI=1S/C17H21F2NO/c1-4-10-20-17(14-9-7-12(5-2)21-14)15-13(18)8-6-11(3)16(15)19/h6-9,17,20H,4-5,10H2,1-3H3. The number of nitrogens with one attached hydrogen (secondary N) is 1. The summed E-state index contributed by atoms with van der Waals surface area (Å²) in [5, 5.41) is 3.17. The predicted octanol–water partition coefficient (Wildman–Crippen LogP) is 4.52. The van der Waals surface area contributed by atoms with E-state index in [1.165, 1.54) is 12.1 Å². The summed E-state index contributed by atoms with van der Waals surface area (Å²) in [5.74, 6) is 0.282. The summed E-state index contributed by atoms with van der Waals surface area (Å²) in [6.07, 6.45) is 1.62. The van der Waals surface area contributed by atoms with Gasteiger partial charge in [0.1, 0.15) is 23.2 Å². The Morgan fingerprint density at radius 2 is 1.90 bits per heavy atom. The molecule has 0 fully saturated rings. The van der Waals surface area contributed by atoms with E-state index in [-0.39, 0.29) is 5.56 Å². The zero-order chi connectivity index (χ0) is 15.4. The van der Waals surface area contributed by atoms with E-state index in [2.05, 4.69) is 5.32 Å². The van der Waals surface area contributed by atoms with Crippen LogP contribution in [0.15, 0.2) is 28.7 Å². The number of hydrogen-bond donors (Lipinski definition) is 1. The summed E-state index contributed by atoms with van der Waals surface area (Å²) in [4.78, 5) is 0. The van der Waals surface area contributed by atoms with Crippen LogP contribution < -0.4 is 5.32 Å². The van der Waals surface area contributed by atoms with Crippen molar-refractivity contribution >= 4 is 0 Å². The van der Waals surface area contributed by atoms with Crippen LogP contribution in [-0.2, 0) is 6.42 Å². The molecule has 0 aliphatic rings. The van der Waals surface area contributed by atoms with E-state index in [4.69, 9.17) is 4.42 Å². The first-order valence-corrected chi connectivity index (χ1v) is 7.34. The van der Waals surface area contributed by atoms with Gasteiger partial charge < -0.3 is 9.73 Å². The van der Waals surface area contributed by atoms with E-state index in [1.54, 1.807) is 13.0 Å². The summed E-state index contributed by atoms with van der Waals surface area (Å²) in [6, 6.07) is 5.78. The van der Waals surface area contributed by atoms with Crippen LogP contribution in [0.1, 0.15) is 49.0 Å². The lowest BCUT2D eigenvalue weighted by atomic mass is 10.0. The number of furan rings is 1. The molecule has 4 heteroatoms. The second-order valence-electron chi connectivity index (χ2n) is 5.14. The van der Waals surface area contributed by atoms with Crippen molar-refractivity contribution in [2.75, 3.05) is 6.54 Å². The third kappa shape index (κ3) is 3.32. The third-order valence-electron chi connectivity index (χ3n) is 3.52. The Bertz CT molecular complexity index is 607. The van der Waals surface area contributed by atoms with Crippen molar-refractivity contribution in [3.05, 3.63) is 58.5 Å². The molecule has 0 spiro atoms. The quantitative estimate of drug-likeness (QED) is 0.847. The Kier molecular flexibility index (Phi) is 5.12. The zero-order valence-electron chi connectivity index (χ0n) is 12.7. The van der Waals surface area contributed by atoms with Crippen LogP contribution >= 0.6 is 0 Å². The molecule has 1 heterocycles. The van der Waals surface area contributed by atoms with Crippen LogP contribution in [0.5, 0.6) is 0 Å². The van der Waals surface area contributed by atoms with E-state index < -0.39 is 17.7 Å². The molecule has 0 bridgehead atoms. The Hall–Kier alpha value is -1.68. The van der Waals surface area contributed by atoms with E-state index in [0.717, 1.165) is 18.6 Å². The van der Waals surface area contributed by atoms with E-state index >= 15 is 0 Å². The van der Waals surface area contributed by atoms with Gasteiger partial charge in [0.15, 0.2) is 0 Å². The first-order valence-electron chi connectivity index (χ1n) is 7.34. The largest absolute Gasteiger partial charge is 0.464 e. The van der Waals surface area contributed by atoms with Gasteiger partial charge >= 0.3 is 0 Å². The van der Waals surface area contributed by atoms with Crippen molar-refractivity contribution in [1.82, 2.24) is 5.32 Å². The number of rotatable bonds is 6. The van der Waals surface area contributed by atoms with Crippen molar-refractivity contribution in [3.63, 3.8) is 0 Å². The zero-order valence-corrected chi connectivity index (χ0v) is 12.7. The van der Waals surface area contributed by atoms with Gasteiger partial charge in [-0.15, -0.1) is 0 Å². The third-order valence-corrected chi connectivity index (χ3v) is 3.52. The van der Waals surface area contributed by atoms with Crippen LogP contribution in [0.2, 0.25) is 0 Å². The van der Waals surface area contributed by atoms with Crippen LogP contribution in [0, 0.1) is 18.6 Å². The molecule has 1 N–H and O–H groups in total. The second-order valence-corrected chi connectivity index (χ2v) is 5.14. The Labute approximate surface area is 124 Å². The average Bonchev–Trinajstić information content (AvgIpc) is 2.95. The van der Waals surface area contributed by atoms with Gasteiger partial charge in [0.05, 0.1) is 6.04 Å². The van der Waals surface area contributed by atoms with E-state index in [1.807, 2.05) is 19.9 Å². The predicted molar refractivity (Wildman–Crippen MR) is 79.3 cm³/mol. The highest BCUT2D eigenvalue weighted by Gasteiger charge is 2.25. The molecule has 0 amide bonds. The normalized spacial score (nSPS) is 12.6. The maximum Gasteiger partial charge on any atom is 0.134 e. The summed E-state index contributed by atoms with van der Waals surface area (Å²) >= 11 is 0. The molecule has 114 valence electrons. The van der Waals surface area contributed by atoms with Crippen molar-refractivity contribution in [2.24, 2.45) is 0 Å². The maximum absolute atomic E-state index is 14.4. The highest BCUT2D eigenvalue weighted by molar-refractivity contribution is 5.34. The fraction of sp³-hybridized carbons (Fsp3) is 0.412. The van der Waals surface area contributed by atoms with Crippen molar-refractivity contribution in [3.8, 4) is 0 Å². The number of halogens is 2. The molecule has 0 saturated carbocycles. The summed E-state index contributed by atoms with van der Waals surface area (Å²) < 4.78 is 34.3. The van der Waals surface area contributed by atoms with Crippen LogP contribution in [0.4, 0.5) is 8.78 Å². The minimum atomic E-state index is -0.606. The molecule has 0 saturated heterocycles. The van der Waals surface area contributed by atoms with Gasteiger partial charge in [-0.2, -0.15) is 0 Å². The Balaban J connectivity index is 2.47. The van der Waals surface area contributed by atoms with Crippen molar-refractivity contribution in [2.45, 2.75) is 39.7 Å². The van der Waals surface area contributed by atoms with Gasteiger partial charge in [-0.3, -0.25) is 0 Å². The molecular weight excluding hydrogens is 272 g/mol. The van der Waals surface area contributed by atoms with Crippen LogP contribution in [0.25, 0.3) is 0 Å². The van der Waals surface area contributed by atoms with E-state index in [0.29, 0.717) is 17.9 Å². The Morgan fingerprint density at radius 1 is 1.14 bits per heavy atom. The molecule has 21 heavy (non-hydrogen) atoms. The van der Waals surface area contributed by atoms with Gasteiger partial charge in [-0.1, -0.05) is 19.9 Å². The summed E-state index contributed by atoms with van der Waals surface area (Å²) in [6.45, 7) is 6.27.